The molecule has 1 aliphatic heterocycles. The van der Waals surface area contributed by atoms with Gasteiger partial charge >= 0.3 is 0 Å². The van der Waals surface area contributed by atoms with E-state index in [0.29, 0.717) is 5.56 Å². The highest BCUT2D eigenvalue weighted by Crippen LogP contribution is 2.36. The average molecular weight is 262 g/mol. The van der Waals surface area contributed by atoms with Crippen molar-refractivity contribution >= 4 is 11.4 Å². The summed E-state index contributed by atoms with van der Waals surface area (Å²) in [5.41, 5.74) is 11.2. The Morgan fingerprint density at radius 2 is 2.20 bits per heavy atom. The summed E-state index contributed by atoms with van der Waals surface area (Å²) in [5.74, 6) is 0. The molecule has 3 rings (SSSR count). The molecule has 1 heterocycles. The summed E-state index contributed by atoms with van der Waals surface area (Å²) < 4.78 is 0. The van der Waals surface area contributed by atoms with E-state index in [1.165, 1.54) is 11.3 Å². The van der Waals surface area contributed by atoms with Gasteiger partial charge in [-0.3, -0.25) is 0 Å². The maximum absolute atomic E-state index is 9.23. The highest BCUT2D eigenvalue weighted by atomic mass is 15.2. The van der Waals surface area contributed by atoms with E-state index in [0.717, 1.165) is 24.2 Å². The molecule has 0 amide bonds. The smallest absolute Gasteiger partial charge is 0.101 e. The fourth-order valence-electron chi connectivity index (χ4n) is 2.70. The predicted octanol–water partition coefficient (Wildman–Crippen LogP) is 3.07. The first-order valence-electron chi connectivity index (χ1n) is 6.77. The lowest BCUT2D eigenvalue weighted by Crippen LogP contribution is -2.14. The Hall–Kier alpha value is -2.31. The van der Waals surface area contributed by atoms with Crippen LogP contribution in [-0.4, -0.2) is 6.54 Å². The van der Waals surface area contributed by atoms with Crippen LogP contribution >= 0.6 is 0 Å². The van der Waals surface area contributed by atoms with Crippen molar-refractivity contribution in [1.82, 2.24) is 0 Å². The van der Waals surface area contributed by atoms with Crippen LogP contribution in [0.3, 0.4) is 0 Å². The van der Waals surface area contributed by atoms with Gasteiger partial charge in [0.15, 0.2) is 0 Å². The Labute approximate surface area is 119 Å². The highest BCUT2D eigenvalue weighted by Gasteiger charge is 2.22. The molecule has 1 atom stereocenters. The lowest BCUT2D eigenvalue weighted by molar-refractivity contribution is 0.816. The van der Waals surface area contributed by atoms with Gasteiger partial charge in [-0.05, 0) is 48.7 Å². The standard InChI is InChI=1S/C17H16N3/c1-12(19)13-6-7-17-14(10-13)8-9-20(17)16-5-3-2-4-15(16)11-18/h3-7,10,12H,8-9,19H2,1H3/t12-/m1/s1. The van der Waals surface area contributed by atoms with E-state index in [4.69, 9.17) is 5.73 Å². The number of nitrogens with zero attached hydrogens (tertiary/aromatic N) is 2. The van der Waals surface area contributed by atoms with Crippen molar-refractivity contribution in [1.29, 1.82) is 5.26 Å². The number of anilines is 2. The van der Waals surface area contributed by atoms with Gasteiger partial charge in [-0.25, -0.2) is 0 Å². The van der Waals surface area contributed by atoms with Crippen molar-refractivity contribution in [3.05, 3.63) is 59.2 Å². The third-order valence-corrected chi connectivity index (χ3v) is 3.78. The van der Waals surface area contributed by atoms with Crippen LogP contribution < -0.4 is 10.6 Å². The number of nitrogens with two attached hydrogens (primary N) is 1. The Kier molecular flexibility index (Phi) is 3.17. The number of benzene rings is 2. The van der Waals surface area contributed by atoms with Gasteiger partial charge in [-0.15, -0.1) is 0 Å². The second-order valence-electron chi connectivity index (χ2n) is 5.13. The van der Waals surface area contributed by atoms with Crippen LogP contribution in [0.25, 0.3) is 0 Å². The van der Waals surface area contributed by atoms with Crippen molar-refractivity contribution in [3.63, 3.8) is 0 Å². The maximum Gasteiger partial charge on any atom is 0.101 e. The molecule has 0 bridgehead atoms. The highest BCUT2D eigenvalue weighted by molar-refractivity contribution is 5.74. The van der Waals surface area contributed by atoms with E-state index < -0.39 is 0 Å². The number of hydrogen-bond acceptors (Lipinski definition) is 3. The molecule has 2 N–H and O–H groups in total. The molecule has 3 nitrogen and oxygen atoms in total. The van der Waals surface area contributed by atoms with Gasteiger partial charge in [-0.1, -0.05) is 18.2 Å². The van der Waals surface area contributed by atoms with Crippen LogP contribution in [0.1, 0.15) is 29.7 Å². The van der Waals surface area contributed by atoms with Crippen LogP contribution in [0.4, 0.5) is 11.4 Å². The average Bonchev–Trinajstić information content (AvgIpc) is 2.89. The van der Waals surface area contributed by atoms with Crippen molar-refractivity contribution in [2.75, 3.05) is 11.4 Å². The Balaban J connectivity index is 2.04. The monoisotopic (exact) mass is 262 g/mol. The Morgan fingerprint density at radius 3 is 2.95 bits per heavy atom. The summed E-state index contributed by atoms with van der Waals surface area (Å²) >= 11 is 0. The molecule has 0 aliphatic carbocycles. The summed E-state index contributed by atoms with van der Waals surface area (Å²) in [6, 6.07) is 17.2. The first-order valence-corrected chi connectivity index (χ1v) is 6.77. The SMILES string of the molecule is C[C@@H](N)c1ccc2c(c1)CCN2c1cc[c]cc1C#N. The second-order valence-corrected chi connectivity index (χ2v) is 5.13. The van der Waals surface area contributed by atoms with Crippen molar-refractivity contribution in [2.45, 2.75) is 19.4 Å². The second kappa shape index (κ2) is 4.99. The van der Waals surface area contributed by atoms with Crippen molar-refractivity contribution < 1.29 is 0 Å². The maximum atomic E-state index is 9.23. The van der Waals surface area contributed by atoms with Crippen LogP contribution in [0.15, 0.2) is 36.4 Å². The van der Waals surface area contributed by atoms with E-state index in [2.05, 4.69) is 35.2 Å². The number of nitriles is 1. The van der Waals surface area contributed by atoms with Crippen molar-refractivity contribution in [3.8, 4) is 6.07 Å². The molecule has 99 valence electrons. The van der Waals surface area contributed by atoms with Crippen LogP contribution in [0.2, 0.25) is 0 Å². The summed E-state index contributed by atoms with van der Waals surface area (Å²) in [4.78, 5) is 2.20. The minimum Gasteiger partial charge on any atom is -0.340 e. The van der Waals surface area contributed by atoms with Gasteiger partial charge in [0.2, 0.25) is 0 Å². The van der Waals surface area contributed by atoms with E-state index in [9.17, 15) is 5.26 Å². The minimum absolute atomic E-state index is 0.0512. The lowest BCUT2D eigenvalue weighted by Gasteiger charge is -2.21. The van der Waals surface area contributed by atoms with Gasteiger partial charge in [0, 0.05) is 18.3 Å². The third kappa shape index (κ3) is 2.04. The first-order chi connectivity index (χ1) is 9.70. The molecular formula is C17H16N3. The molecule has 2 aromatic carbocycles. The molecule has 0 fully saturated rings. The van der Waals surface area contributed by atoms with Gasteiger partial charge in [-0.2, -0.15) is 5.26 Å². The quantitative estimate of drug-likeness (QED) is 0.905. The van der Waals surface area contributed by atoms with E-state index in [-0.39, 0.29) is 6.04 Å². The van der Waals surface area contributed by atoms with Gasteiger partial charge < -0.3 is 10.6 Å². The van der Waals surface area contributed by atoms with Gasteiger partial charge in [0.1, 0.15) is 6.07 Å². The largest absolute Gasteiger partial charge is 0.340 e. The van der Waals surface area contributed by atoms with E-state index in [1.807, 2.05) is 19.1 Å². The van der Waals surface area contributed by atoms with Crippen molar-refractivity contribution in [2.24, 2.45) is 5.73 Å². The molecule has 0 saturated carbocycles. The first kappa shape index (κ1) is 12.7. The van der Waals surface area contributed by atoms with Crippen LogP contribution in [0.5, 0.6) is 0 Å². The molecule has 0 spiro atoms. The Morgan fingerprint density at radius 1 is 1.35 bits per heavy atom. The zero-order valence-electron chi connectivity index (χ0n) is 11.4. The molecule has 1 aliphatic rings. The topological polar surface area (TPSA) is 53.0 Å². The molecule has 20 heavy (non-hydrogen) atoms. The molecular weight excluding hydrogens is 246 g/mol. The van der Waals surface area contributed by atoms with Crippen LogP contribution in [-0.2, 0) is 6.42 Å². The zero-order valence-corrected chi connectivity index (χ0v) is 11.4. The van der Waals surface area contributed by atoms with Gasteiger partial charge in [0.05, 0.1) is 11.3 Å². The van der Waals surface area contributed by atoms with Gasteiger partial charge in [0.25, 0.3) is 0 Å². The summed E-state index contributed by atoms with van der Waals surface area (Å²) in [6.07, 6.45) is 0.985. The fraction of sp³-hybridized carbons (Fsp3) is 0.235. The predicted molar refractivity (Wildman–Crippen MR) is 79.7 cm³/mol. The molecule has 2 aromatic rings. The molecule has 1 radical (unpaired) electrons. The molecule has 0 unspecified atom stereocenters. The normalized spacial score (nSPS) is 14.8. The molecule has 0 saturated heterocycles. The summed E-state index contributed by atoms with van der Waals surface area (Å²) in [5, 5.41) is 9.23. The third-order valence-electron chi connectivity index (χ3n) is 3.78. The summed E-state index contributed by atoms with van der Waals surface area (Å²) in [6.45, 7) is 2.89. The van der Waals surface area contributed by atoms with Crippen LogP contribution in [0, 0.1) is 17.4 Å². The molecule has 3 heteroatoms. The summed E-state index contributed by atoms with van der Waals surface area (Å²) in [7, 11) is 0. The lowest BCUT2D eigenvalue weighted by atomic mass is 10.0. The van der Waals surface area contributed by atoms with E-state index >= 15 is 0 Å². The van der Waals surface area contributed by atoms with E-state index in [1.54, 1.807) is 6.07 Å². The number of rotatable bonds is 2. The zero-order chi connectivity index (χ0) is 14.1. The fourth-order valence-corrected chi connectivity index (χ4v) is 2.70. The number of hydrogen-bond donors (Lipinski definition) is 1. The Bertz CT molecular complexity index is 683. The number of fused-ring (bicyclic) bond motifs is 1. The molecule has 0 aromatic heterocycles. The minimum atomic E-state index is 0.0512.